The van der Waals surface area contributed by atoms with Crippen molar-refractivity contribution >= 4 is 0 Å². The Morgan fingerprint density at radius 2 is 1.65 bits per heavy atom. The Morgan fingerprint density at radius 1 is 0.950 bits per heavy atom. The summed E-state index contributed by atoms with van der Waals surface area (Å²) < 4.78 is 0. The van der Waals surface area contributed by atoms with Crippen LogP contribution in [-0.2, 0) is 0 Å². The van der Waals surface area contributed by atoms with Crippen molar-refractivity contribution in [2.45, 2.75) is 95.7 Å². The SMILES string of the molecule is CCC1(C2CCCCC2)CC1C1(O)CCCCC(O)C1. The van der Waals surface area contributed by atoms with Crippen molar-refractivity contribution in [2.24, 2.45) is 17.3 Å². The summed E-state index contributed by atoms with van der Waals surface area (Å²) >= 11 is 0. The second kappa shape index (κ2) is 5.61. The molecule has 3 fully saturated rings. The molecule has 0 amide bonds. The highest BCUT2D eigenvalue weighted by Crippen LogP contribution is 2.68. The molecule has 3 saturated carbocycles. The maximum absolute atomic E-state index is 11.2. The van der Waals surface area contributed by atoms with Crippen LogP contribution in [0.1, 0.15) is 84.0 Å². The third kappa shape index (κ3) is 2.54. The number of rotatable bonds is 3. The van der Waals surface area contributed by atoms with Crippen molar-refractivity contribution in [3.05, 3.63) is 0 Å². The van der Waals surface area contributed by atoms with Crippen molar-refractivity contribution in [3.63, 3.8) is 0 Å². The van der Waals surface area contributed by atoms with E-state index >= 15 is 0 Å². The van der Waals surface area contributed by atoms with E-state index in [9.17, 15) is 10.2 Å². The van der Waals surface area contributed by atoms with Crippen LogP contribution >= 0.6 is 0 Å². The number of aliphatic hydroxyl groups is 2. The van der Waals surface area contributed by atoms with Crippen molar-refractivity contribution in [1.82, 2.24) is 0 Å². The van der Waals surface area contributed by atoms with Gasteiger partial charge < -0.3 is 10.2 Å². The van der Waals surface area contributed by atoms with Crippen molar-refractivity contribution in [1.29, 1.82) is 0 Å². The van der Waals surface area contributed by atoms with Gasteiger partial charge in [0, 0.05) is 6.42 Å². The van der Waals surface area contributed by atoms with Crippen molar-refractivity contribution in [2.75, 3.05) is 0 Å². The molecule has 20 heavy (non-hydrogen) atoms. The highest BCUT2D eigenvalue weighted by Gasteiger charge is 2.64. The molecule has 0 aromatic carbocycles. The molecule has 3 aliphatic rings. The minimum Gasteiger partial charge on any atom is -0.393 e. The fourth-order valence-corrected chi connectivity index (χ4v) is 5.59. The number of hydrogen-bond acceptors (Lipinski definition) is 2. The van der Waals surface area contributed by atoms with Gasteiger partial charge in [-0.3, -0.25) is 0 Å². The number of aliphatic hydroxyl groups excluding tert-OH is 1. The Balaban J connectivity index is 1.73. The zero-order valence-electron chi connectivity index (χ0n) is 13.1. The van der Waals surface area contributed by atoms with Crippen molar-refractivity contribution < 1.29 is 10.2 Å². The van der Waals surface area contributed by atoms with Crippen LogP contribution in [0.3, 0.4) is 0 Å². The molecule has 3 aliphatic carbocycles. The quantitative estimate of drug-likeness (QED) is 0.766. The lowest BCUT2D eigenvalue weighted by Crippen LogP contribution is -2.38. The molecule has 0 saturated heterocycles. The molecule has 4 atom stereocenters. The fourth-order valence-electron chi connectivity index (χ4n) is 5.59. The maximum atomic E-state index is 11.2. The largest absolute Gasteiger partial charge is 0.393 e. The Hall–Kier alpha value is -0.0800. The van der Waals surface area contributed by atoms with E-state index in [1.807, 2.05) is 0 Å². The van der Waals surface area contributed by atoms with Crippen LogP contribution < -0.4 is 0 Å². The Bertz CT molecular complexity index is 336. The van der Waals surface area contributed by atoms with E-state index in [2.05, 4.69) is 6.92 Å². The predicted octanol–water partition coefficient (Wildman–Crippen LogP) is 4.04. The molecule has 0 bridgehead atoms. The van der Waals surface area contributed by atoms with Gasteiger partial charge in [-0.05, 0) is 55.8 Å². The van der Waals surface area contributed by atoms with Gasteiger partial charge in [0.1, 0.15) is 0 Å². The van der Waals surface area contributed by atoms with Gasteiger partial charge in [-0.2, -0.15) is 0 Å². The van der Waals surface area contributed by atoms with Gasteiger partial charge in [-0.25, -0.2) is 0 Å². The smallest absolute Gasteiger partial charge is 0.0706 e. The molecule has 2 nitrogen and oxygen atoms in total. The van der Waals surface area contributed by atoms with E-state index in [1.165, 1.54) is 44.9 Å². The van der Waals surface area contributed by atoms with Crippen LogP contribution in [0.4, 0.5) is 0 Å². The lowest BCUT2D eigenvalue weighted by atomic mass is 9.72. The Kier molecular flexibility index (Phi) is 4.16. The van der Waals surface area contributed by atoms with Gasteiger partial charge in [0.15, 0.2) is 0 Å². The van der Waals surface area contributed by atoms with Gasteiger partial charge in [0.2, 0.25) is 0 Å². The summed E-state index contributed by atoms with van der Waals surface area (Å²) in [5.41, 5.74) is -0.150. The summed E-state index contributed by atoms with van der Waals surface area (Å²) in [5, 5.41) is 21.3. The van der Waals surface area contributed by atoms with E-state index in [0.717, 1.165) is 31.6 Å². The summed E-state index contributed by atoms with van der Waals surface area (Å²) in [6.07, 6.45) is 13.7. The molecule has 2 heteroatoms. The summed E-state index contributed by atoms with van der Waals surface area (Å²) in [7, 11) is 0. The molecule has 116 valence electrons. The van der Waals surface area contributed by atoms with Gasteiger partial charge in [-0.1, -0.05) is 39.0 Å². The minimum atomic E-state index is -0.566. The van der Waals surface area contributed by atoms with E-state index in [4.69, 9.17) is 0 Å². The maximum Gasteiger partial charge on any atom is 0.0706 e. The van der Waals surface area contributed by atoms with Crippen LogP contribution in [0, 0.1) is 17.3 Å². The average Bonchev–Trinajstić information content (AvgIpc) is 3.22. The van der Waals surface area contributed by atoms with Crippen molar-refractivity contribution in [3.8, 4) is 0 Å². The number of hydrogen-bond donors (Lipinski definition) is 2. The topological polar surface area (TPSA) is 40.5 Å². The van der Waals surface area contributed by atoms with E-state index in [1.54, 1.807) is 0 Å². The monoisotopic (exact) mass is 280 g/mol. The summed E-state index contributed by atoms with van der Waals surface area (Å²) in [4.78, 5) is 0. The second-order valence-electron chi connectivity index (χ2n) is 7.89. The van der Waals surface area contributed by atoms with Gasteiger partial charge >= 0.3 is 0 Å². The standard InChI is InChI=1S/C18H32O2/c1-2-17(14-8-4-3-5-9-14)13-16(17)18(20)11-7-6-10-15(19)12-18/h14-16,19-20H,2-13H2,1H3. The zero-order chi connectivity index (χ0) is 14.2. The molecule has 3 rings (SSSR count). The third-order valence-electron chi connectivity index (χ3n) is 6.83. The second-order valence-corrected chi connectivity index (χ2v) is 7.89. The van der Waals surface area contributed by atoms with E-state index < -0.39 is 5.60 Å². The molecule has 0 aromatic rings. The zero-order valence-corrected chi connectivity index (χ0v) is 13.1. The fraction of sp³-hybridized carbons (Fsp3) is 1.00. The predicted molar refractivity (Wildman–Crippen MR) is 81.4 cm³/mol. The van der Waals surface area contributed by atoms with Crippen LogP contribution in [0.5, 0.6) is 0 Å². The van der Waals surface area contributed by atoms with Gasteiger partial charge in [0.05, 0.1) is 11.7 Å². The van der Waals surface area contributed by atoms with E-state index in [0.29, 0.717) is 17.8 Å². The molecular formula is C18H32O2. The Morgan fingerprint density at radius 3 is 2.35 bits per heavy atom. The molecule has 0 heterocycles. The van der Waals surface area contributed by atoms with Crippen LogP contribution in [0.15, 0.2) is 0 Å². The normalized spacial score (nSPS) is 47.0. The first-order chi connectivity index (χ1) is 9.61. The molecule has 4 unspecified atom stereocenters. The first-order valence-corrected chi connectivity index (χ1v) is 9.01. The van der Waals surface area contributed by atoms with Crippen LogP contribution in [0.2, 0.25) is 0 Å². The third-order valence-corrected chi connectivity index (χ3v) is 6.83. The summed E-state index contributed by atoms with van der Waals surface area (Å²) in [5.74, 6) is 1.31. The molecule has 0 spiro atoms. The molecular weight excluding hydrogens is 248 g/mol. The molecule has 2 N–H and O–H groups in total. The van der Waals surface area contributed by atoms with Gasteiger partial charge in [0.25, 0.3) is 0 Å². The highest BCUT2D eigenvalue weighted by molar-refractivity contribution is 5.14. The van der Waals surface area contributed by atoms with Gasteiger partial charge in [-0.15, -0.1) is 0 Å². The minimum absolute atomic E-state index is 0.274. The summed E-state index contributed by atoms with van der Waals surface area (Å²) in [6, 6.07) is 0. The van der Waals surface area contributed by atoms with E-state index in [-0.39, 0.29) is 6.10 Å². The lowest BCUT2D eigenvalue weighted by molar-refractivity contribution is -0.0448. The molecule has 0 aromatic heterocycles. The molecule has 0 aliphatic heterocycles. The Labute approximate surface area is 124 Å². The average molecular weight is 280 g/mol. The molecule has 0 radical (unpaired) electrons. The van der Waals surface area contributed by atoms with Crippen LogP contribution in [0.25, 0.3) is 0 Å². The first-order valence-electron chi connectivity index (χ1n) is 9.01. The highest BCUT2D eigenvalue weighted by atomic mass is 16.3. The lowest BCUT2D eigenvalue weighted by Gasteiger charge is -2.36. The summed E-state index contributed by atoms with van der Waals surface area (Å²) in [6.45, 7) is 2.32. The first kappa shape index (κ1) is 14.8. The van der Waals surface area contributed by atoms with Crippen LogP contribution in [-0.4, -0.2) is 21.9 Å².